The summed E-state index contributed by atoms with van der Waals surface area (Å²) in [5.41, 5.74) is 0. The second-order valence-electron chi connectivity index (χ2n) is 5.09. The molecule has 1 fully saturated rings. The van der Waals surface area contributed by atoms with Gasteiger partial charge in [0.2, 0.25) is 5.91 Å². The molecule has 0 radical (unpaired) electrons. The summed E-state index contributed by atoms with van der Waals surface area (Å²) >= 11 is 5.76. The third kappa shape index (κ3) is 4.04. The SMILES string of the molecule is O=C(CCOc1ccc(F)cc1Cl)N1CC(F)(F)CC1CO. The second kappa shape index (κ2) is 6.75. The Labute approximate surface area is 130 Å². The van der Waals surface area contributed by atoms with Crippen molar-refractivity contribution in [1.82, 2.24) is 4.90 Å². The Morgan fingerprint density at radius 3 is 2.86 bits per heavy atom. The minimum Gasteiger partial charge on any atom is -0.491 e. The van der Waals surface area contributed by atoms with Gasteiger partial charge in [-0.25, -0.2) is 13.2 Å². The van der Waals surface area contributed by atoms with Gasteiger partial charge in [-0.1, -0.05) is 11.6 Å². The number of benzene rings is 1. The highest BCUT2D eigenvalue weighted by atomic mass is 35.5. The van der Waals surface area contributed by atoms with Crippen LogP contribution in [0.15, 0.2) is 18.2 Å². The predicted octanol–water partition coefficient (Wildman–Crippen LogP) is 2.48. The van der Waals surface area contributed by atoms with Gasteiger partial charge in [-0.15, -0.1) is 0 Å². The molecule has 1 N–H and O–H groups in total. The van der Waals surface area contributed by atoms with Crippen molar-refractivity contribution in [1.29, 1.82) is 0 Å². The lowest BCUT2D eigenvalue weighted by atomic mass is 10.2. The fraction of sp³-hybridized carbons (Fsp3) is 0.500. The van der Waals surface area contributed by atoms with Crippen LogP contribution in [0.3, 0.4) is 0 Å². The maximum atomic E-state index is 13.3. The number of aliphatic hydroxyl groups is 1. The van der Waals surface area contributed by atoms with Crippen LogP contribution in [0, 0.1) is 5.82 Å². The number of carbonyl (C=O) groups is 1. The van der Waals surface area contributed by atoms with Crippen molar-refractivity contribution in [3.8, 4) is 5.75 Å². The Hall–Kier alpha value is -1.47. The zero-order valence-electron chi connectivity index (χ0n) is 11.6. The molecular weight excluding hydrogens is 323 g/mol. The minimum atomic E-state index is -2.98. The molecule has 1 aromatic rings. The summed E-state index contributed by atoms with van der Waals surface area (Å²) in [6.45, 7) is -1.29. The van der Waals surface area contributed by atoms with Crippen molar-refractivity contribution in [3.05, 3.63) is 29.0 Å². The van der Waals surface area contributed by atoms with Crippen LogP contribution >= 0.6 is 11.6 Å². The predicted molar refractivity (Wildman–Crippen MR) is 73.7 cm³/mol. The summed E-state index contributed by atoms with van der Waals surface area (Å²) in [5.74, 6) is -3.82. The van der Waals surface area contributed by atoms with Crippen molar-refractivity contribution in [2.75, 3.05) is 19.8 Å². The molecule has 1 atom stereocenters. The van der Waals surface area contributed by atoms with Gasteiger partial charge >= 0.3 is 0 Å². The summed E-state index contributed by atoms with van der Waals surface area (Å²) in [5, 5.41) is 9.14. The van der Waals surface area contributed by atoms with Gasteiger partial charge in [0.25, 0.3) is 5.92 Å². The molecule has 122 valence electrons. The van der Waals surface area contributed by atoms with E-state index < -0.39 is 43.3 Å². The topological polar surface area (TPSA) is 49.8 Å². The third-order valence-electron chi connectivity index (χ3n) is 3.38. The Balaban J connectivity index is 1.87. The first-order chi connectivity index (χ1) is 10.3. The molecule has 1 heterocycles. The van der Waals surface area contributed by atoms with E-state index in [9.17, 15) is 18.0 Å². The van der Waals surface area contributed by atoms with Crippen LogP contribution in [0.25, 0.3) is 0 Å². The number of likely N-dealkylation sites (tertiary alicyclic amines) is 1. The van der Waals surface area contributed by atoms with Crippen LogP contribution in [-0.2, 0) is 4.79 Å². The van der Waals surface area contributed by atoms with Crippen molar-refractivity contribution in [2.45, 2.75) is 24.8 Å². The molecule has 0 aromatic heterocycles. The fourth-order valence-corrected chi connectivity index (χ4v) is 2.56. The lowest BCUT2D eigenvalue weighted by Gasteiger charge is -2.22. The summed E-state index contributed by atoms with van der Waals surface area (Å²) in [7, 11) is 0. The van der Waals surface area contributed by atoms with E-state index in [0.717, 1.165) is 17.0 Å². The highest BCUT2D eigenvalue weighted by Crippen LogP contribution is 2.32. The van der Waals surface area contributed by atoms with Crippen LogP contribution in [0.2, 0.25) is 5.02 Å². The number of amides is 1. The Kier molecular flexibility index (Phi) is 5.18. The number of hydrogen-bond acceptors (Lipinski definition) is 3. The first-order valence-electron chi connectivity index (χ1n) is 6.68. The van der Waals surface area contributed by atoms with Crippen LogP contribution < -0.4 is 4.74 Å². The zero-order chi connectivity index (χ0) is 16.3. The van der Waals surface area contributed by atoms with E-state index in [0.29, 0.717) is 0 Å². The number of halogens is 4. The Bertz CT molecular complexity index is 556. The quantitative estimate of drug-likeness (QED) is 0.898. The Morgan fingerprint density at radius 2 is 2.23 bits per heavy atom. The molecule has 1 saturated heterocycles. The Morgan fingerprint density at radius 1 is 1.50 bits per heavy atom. The van der Waals surface area contributed by atoms with E-state index in [2.05, 4.69) is 0 Å². The average Bonchev–Trinajstić information content (AvgIpc) is 2.76. The van der Waals surface area contributed by atoms with Gasteiger partial charge in [0, 0.05) is 6.42 Å². The smallest absolute Gasteiger partial charge is 0.267 e. The van der Waals surface area contributed by atoms with Crippen molar-refractivity contribution in [2.24, 2.45) is 0 Å². The van der Waals surface area contributed by atoms with Crippen molar-refractivity contribution in [3.63, 3.8) is 0 Å². The molecule has 1 aliphatic heterocycles. The molecule has 0 aliphatic carbocycles. The number of alkyl halides is 2. The molecule has 4 nitrogen and oxygen atoms in total. The highest BCUT2D eigenvalue weighted by molar-refractivity contribution is 6.32. The van der Waals surface area contributed by atoms with E-state index >= 15 is 0 Å². The monoisotopic (exact) mass is 337 g/mol. The van der Waals surface area contributed by atoms with Crippen LogP contribution in [0.1, 0.15) is 12.8 Å². The molecule has 1 aromatic carbocycles. The lowest BCUT2D eigenvalue weighted by molar-refractivity contribution is -0.134. The van der Waals surface area contributed by atoms with E-state index in [1.807, 2.05) is 0 Å². The normalized spacial score (nSPS) is 20.2. The molecule has 0 saturated carbocycles. The van der Waals surface area contributed by atoms with E-state index in [1.54, 1.807) is 0 Å². The number of nitrogens with zero attached hydrogens (tertiary/aromatic N) is 1. The van der Waals surface area contributed by atoms with Gasteiger partial charge < -0.3 is 14.7 Å². The molecular formula is C14H15ClF3NO3. The van der Waals surface area contributed by atoms with Gasteiger partial charge in [-0.3, -0.25) is 4.79 Å². The number of ether oxygens (including phenoxy) is 1. The first kappa shape index (κ1) is 16.9. The molecule has 1 amide bonds. The second-order valence-corrected chi connectivity index (χ2v) is 5.50. The van der Waals surface area contributed by atoms with E-state index in [1.165, 1.54) is 6.07 Å². The fourth-order valence-electron chi connectivity index (χ4n) is 2.34. The van der Waals surface area contributed by atoms with Gasteiger partial charge in [-0.05, 0) is 18.2 Å². The maximum Gasteiger partial charge on any atom is 0.267 e. The number of aliphatic hydroxyl groups excluding tert-OH is 1. The van der Waals surface area contributed by atoms with Crippen molar-refractivity contribution < 1.29 is 27.8 Å². The van der Waals surface area contributed by atoms with E-state index in [4.69, 9.17) is 21.4 Å². The highest BCUT2D eigenvalue weighted by Gasteiger charge is 2.46. The number of hydrogen-bond donors (Lipinski definition) is 1. The molecule has 2 rings (SSSR count). The van der Waals surface area contributed by atoms with Gasteiger partial charge in [0.15, 0.2) is 0 Å². The van der Waals surface area contributed by atoms with Crippen LogP contribution in [-0.4, -0.2) is 47.6 Å². The lowest BCUT2D eigenvalue weighted by Crippen LogP contribution is -2.38. The van der Waals surface area contributed by atoms with Gasteiger partial charge in [-0.2, -0.15) is 0 Å². The third-order valence-corrected chi connectivity index (χ3v) is 3.67. The minimum absolute atomic E-state index is 0.0633. The largest absolute Gasteiger partial charge is 0.491 e. The van der Waals surface area contributed by atoms with Crippen LogP contribution in [0.5, 0.6) is 5.75 Å². The molecule has 0 bridgehead atoms. The molecule has 0 spiro atoms. The van der Waals surface area contributed by atoms with Gasteiger partial charge in [0.1, 0.15) is 11.6 Å². The molecule has 1 unspecified atom stereocenters. The van der Waals surface area contributed by atoms with Crippen LogP contribution in [0.4, 0.5) is 13.2 Å². The van der Waals surface area contributed by atoms with E-state index in [-0.39, 0.29) is 23.8 Å². The van der Waals surface area contributed by atoms with Crippen molar-refractivity contribution >= 4 is 17.5 Å². The first-order valence-corrected chi connectivity index (χ1v) is 7.06. The number of carbonyl (C=O) groups excluding carboxylic acids is 1. The summed E-state index contributed by atoms with van der Waals surface area (Å²) in [6.07, 6.45) is -0.680. The molecule has 1 aliphatic rings. The summed E-state index contributed by atoms with van der Waals surface area (Å²) < 4.78 is 44.7. The average molecular weight is 338 g/mol. The molecule has 8 heteroatoms. The van der Waals surface area contributed by atoms with Gasteiger partial charge in [0.05, 0.1) is 37.2 Å². The molecule has 22 heavy (non-hydrogen) atoms. The summed E-state index contributed by atoms with van der Waals surface area (Å²) in [4.78, 5) is 12.9. The number of rotatable bonds is 5. The summed E-state index contributed by atoms with van der Waals surface area (Å²) in [6, 6.07) is 2.67. The standard InChI is InChI=1S/C14H15ClF3NO3/c15-11-5-9(16)1-2-12(11)22-4-3-13(21)19-8-14(17,18)6-10(19)7-20/h1-2,5,10,20H,3-4,6-8H2. The maximum absolute atomic E-state index is 13.3. The zero-order valence-corrected chi connectivity index (χ0v) is 12.3.